The summed E-state index contributed by atoms with van der Waals surface area (Å²) in [5.41, 5.74) is 1.09. The molecule has 0 saturated carbocycles. The first-order valence-corrected chi connectivity index (χ1v) is 7.09. The van der Waals surface area contributed by atoms with Gasteiger partial charge in [-0.25, -0.2) is 14.2 Å². The van der Waals surface area contributed by atoms with E-state index in [0.29, 0.717) is 18.2 Å². The van der Waals surface area contributed by atoms with Gasteiger partial charge in [-0.1, -0.05) is 6.07 Å². The number of amides is 2. The number of rotatable bonds is 6. The van der Waals surface area contributed by atoms with Crippen LogP contribution in [0.3, 0.4) is 0 Å². The van der Waals surface area contributed by atoms with Crippen LogP contribution in [-0.4, -0.2) is 24.7 Å². The second-order valence-electron chi connectivity index (χ2n) is 4.56. The Hall–Kier alpha value is -2.83. The zero-order valence-corrected chi connectivity index (χ0v) is 12.9. The van der Waals surface area contributed by atoms with Crippen molar-refractivity contribution in [2.75, 3.05) is 19.0 Å². The van der Waals surface area contributed by atoms with Crippen molar-refractivity contribution in [2.24, 2.45) is 0 Å². The fraction of sp³-hybridized carbons (Fsp3) is 0.250. The van der Waals surface area contributed by atoms with E-state index in [-0.39, 0.29) is 12.3 Å². The fourth-order valence-electron chi connectivity index (χ4n) is 1.92. The van der Waals surface area contributed by atoms with Crippen LogP contribution in [0.25, 0.3) is 0 Å². The number of halogens is 1. The number of carbonyl (C=O) groups is 1. The Morgan fingerprint density at radius 3 is 2.87 bits per heavy atom. The highest BCUT2D eigenvalue weighted by Crippen LogP contribution is 2.20. The number of ether oxygens (including phenoxy) is 2. The third-order valence-corrected chi connectivity index (χ3v) is 2.98. The Morgan fingerprint density at radius 2 is 2.17 bits per heavy atom. The Kier molecular flexibility index (Phi) is 5.74. The Bertz CT molecular complexity index is 679. The molecule has 0 radical (unpaired) electrons. The molecule has 23 heavy (non-hydrogen) atoms. The van der Waals surface area contributed by atoms with Crippen molar-refractivity contribution in [3.63, 3.8) is 0 Å². The predicted molar refractivity (Wildman–Crippen MR) is 84.2 cm³/mol. The summed E-state index contributed by atoms with van der Waals surface area (Å²) < 4.78 is 23.8. The summed E-state index contributed by atoms with van der Waals surface area (Å²) >= 11 is 0. The molecule has 2 N–H and O–H groups in total. The summed E-state index contributed by atoms with van der Waals surface area (Å²) in [6.07, 6.45) is 1.62. The van der Waals surface area contributed by atoms with Gasteiger partial charge in [-0.15, -0.1) is 0 Å². The molecule has 122 valence electrons. The van der Waals surface area contributed by atoms with Gasteiger partial charge in [0.05, 0.1) is 13.7 Å². The van der Waals surface area contributed by atoms with Crippen LogP contribution < -0.4 is 20.1 Å². The first kappa shape index (κ1) is 16.5. The molecule has 0 spiro atoms. The summed E-state index contributed by atoms with van der Waals surface area (Å²) in [6.45, 7) is 2.59. The number of nitrogens with one attached hydrogen (secondary N) is 2. The van der Waals surface area contributed by atoms with Crippen LogP contribution in [0.4, 0.5) is 14.9 Å². The standard InChI is InChI=1S/C16H18FN3O3/c1-3-23-15-11(5-4-8-18-15)10-19-16(21)20-12-6-7-14(22-2)13(17)9-12/h4-9H,3,10H2,1-2H3,(H2,19,20,21). The summed E-state index contributed by atoms with van der Waals surface area (Å²) in [7, 11) is 1.38. The maximum absolute atomic E-state index is 13.6. The lowest BCUT2D eigenvalue weighted by Crippen LogP contribution is -2.28. The van der Waals surface area contributed by atoms with Crippen LogP contribution >= 0.6 is 0 Å². The lowest BCUT2D eigenvalue weighted by atomic mass is 10.2. The summed E-state index contributed by atoms with van der Waals surface area (Å²) in [4.78, 5) is 16.0. The van der Waals surface area contributed by atoms with Crippen molar-refractivity contribution < 1.29 is 18.7 Å². The first-order valence-electron chi connectivity index (χ1n) is 7.09. The lowest BCUT2D eigenvalue weighted by molar-refractivity contribution is 0.251. The molecule has 0 atom stereocenters. The average Bonchev–Trinajstić information content (AvgIpc) is 2.54. The van der Waals surface area contributed by atoms with E-state index in [9.17, 15) is 9.18 Å². The monoisotopic (exact) mass is 319 g/mol. The van der Waals surface area contributed by atoms with E-state index in [4.69, 9.17) is 9.47 Å². The average molecular weight is 319 g/mol. The number of hydrogen-bond donors (Lipinski definition) is 2. The molecule has 2 rings (SSSR count). The summed E-state index contributed by atoms with van der Waals surface area (Å²) in [5.74, 6) is 0.0506. The molecular weight excluding hydrogens is 301 g/mol. The fourth-order valence-corrected chi connectivity index (χ4v) is 1.92. The molecule has 1 aromatic carbocycles. The quantitative estimate of drug-likeness (QED) is 0.858. The third-order valence-electron chi connectivity index (χ3n) is 2.98. The van der Waals surface area contributed by atoms with Gasteiger partial charge in [-0.2, -0.15) is 0 Å². The number of nitrogens with zero attached hydrogens (tertiary/aromatic N) is 1. The molecule has 2 aromatic rings. The molecule has 0 saturated heterocycles. The smallest absolute Gasteiger partial charge is 0.319 e. The van der Waals surface area contributed by atoms with Crippen molar-refractivity contribution in [1.82, 2.24) is 10.3 Å². The lowest BCUT2D eigenvalue weighted by Gasteiger charge is -2.11. The van der Waals surface area contributed by atoms with Crippen molar-refractivity contribution in [2.45, 2.75) is 13.5 Å². The Labute approximate surface area is 133 Å². The number of pyridine rings is 1. The molecule has 6 nitrogen and oxygen atoms in total. The van der Waals surface area contributed by atoms with Crippen molar-refractivity contribution in [3.05, 3.63) is 47.9 Å². The first-order chi connectivity index (χ1) is 11.1. The molecule has 7 heteroatoms. The summed E-state index contributed by atoms with van der Waals surface area (Å²) in [5, 5.41) is 5.22. The Morgan fingerprint density at radius 1 is 1.35 bits per heavy atom. The number of hydrogen-bond acceptors (Lipinski definition) is 4. The van der Waals surface area contributed by atoms with Crippen LogP contribution in [-0.2, 0) is 6.54 Å². The van der Waals surface area contributed by atoms with Crippen molar-refractivity contribution >= 4 is 11.7 Å². The van der Waals surface area contributed by atoms with E-state index in [2.05, 4.69) is 15.6 Å². The van der Waals surface area contributed by atoms with Crippen molar-refractivity contribution in [3.8, 4) is 11.6 Å². The number of anilines is 1. The van der Waals surface area contributed by atoms with E-state index < -0.39 is 11.8 Å². The normalized spacial score (nSPS) is 10.0. The molecule has 0 aliphatic carbocycles. The second-order valence-corrected chi connectivity index (χ2v) is 4.56. The maximum atomic E-state index is 13.6. The van der Waals surface area contributed by atoms with Gasteiger partial charge in [0.1, 0.15) is 0 Å². The van der Waals surface area contributed by atoms with Crippen LogP contribution in [0.5, 0.6) is 11.6 Å². The molecule has 0 bridgehead atoms. The molecule has 1 aromatic heterocycles. The van der Waals surface area contributed by atoms with Gasteiger partial charge in [-0.3, -0.25) is 0 Å². The minimum absolute atomic E-state index is 0.118. The highest BCUT2D eigenvalue weighted by molar-refractivity contribution is 5.89. The SMILES string of the molecule is CCOc1ncccc1CNC(=O)Nc1ccc(OC)c(F)c1. The zero-order chi connectivity index (χ0) is 16.7. The summed E-state index contributed by atoms with van der Waals surface area (Å²) in [6, 6.07) is 7.30. The van der Waals surface area contributed by atoms with E-state index >= 15 is 0 Å². The molecule has 0 unspecified atom stereocenters. The van der Waals surface area contributed by atoms with Crippen LogP contribution in [0.15, 0.2) is 36.5 Å². The van der Waals surface area contributed by atoms with Crippen LogP contribution in [0.2, 0.25) is 0 Å². The highest BCUT2D eigenvalue weighted by atomic mass is 19.1. The minimum Gasteiger partial charge on any atom is -0.494 e. The van der Waals surface area contributed by atoms with Gasteiger partial charge in [0.15, 0.2) is 11.6 Å². The second kappa shape index (κ2) is 7.98. The number of urea groups is 1. The largest absolute Gasteiger partial charge is 0.494 e. The highest BCUT2D eigenvalue weighted by Gasteiger charge is 2.08. The Balaban J connectivity index is 1.94. The van der Waals surface area contributed by atoms with E-state index in [1.54, 1.807) is 18.3 Å². The molecule has 0 aliphatic rings. The van der Waals surface area contributed by atoms with Gasteiger partial charge in [0, 0.05) is 30.1 Å². The van der Waals surface area contributed by atoms with Crippen LogP contribution in [0.1, 0.15) is 12.5 Å². The third kappa shape index (κ3) is 4.57. The van der Waals surface area contributed by atoms with Gasteiger partial charge < -0.3 is 20.1 Å². The number of carbonyl (C=O) groups excluding carboxylic acids is 1. The minimum atomic E-state index is -0.545. The number of benzene rings is 1. The van der Waals surface area contributed by atoms with Gasteiger partial charge in [0.25, 0.3) is 0 Å². The molecule has 1 heterocycles. The zero-order valence-electron chi connectivity index (χ0n) is 12.9. The molecule has 0 aliphatic heterocycles. The van der Waals surface area contributed by atoms with E-state index in [1.165, 1.54) is 19.2 Å². The molecule has 2 amide bonds. The maximum Gasteiger partial charge on any atom is 0.319 e. The molecular formula is C16H18FN3O3. The number of aromatic nitrogens is 1. The van der Waals surface area contributed by atoms with E-state index in [0.717, 1.165) is 5.56 Å². The van der Waals surface area contributed by atoms with Gasteiger partial charge in [0.2, 0.25) is 5.88 Å². The van der Waals surface area contributed by atoms with Crippen LogP contribution in [0, 0.1) is 5.82 Å². The predicted octanol–water partition coefficient (Wildman–Crippen LogP) is 2.95. The van der Waals surface area contributed by atoms with Gasteiger partial charge >= 0.3 is 6.03 Å². The van der Waals surface area contributed by atoms with Crippen molar-refractivity contribution in [1.29, 1.82) is 0 Å². The number of methoxy groups -OCH3 is 1. The topological polar surface area (TPSA) is 72.5 Å². The van der Waals surface area contributed by atoms with E-state index in [1.807, 2.05) is 13.0 Å². The molecule has 0 fully saturated rings. The van der Waals surface area contributed by atoms with Gasteiger partial charge in [-0.05, 0) is 25.1 Å².